The second kappa shape index (κ2) is 258. The van der Waals surface area contributed by atoms with Crippen LogP contribution in [0.2, 0.25) is 0 Å². The highest BCUT2D eigenvalue weighted by Crippen LogP contribution is 0.423. The Hall–Kier alpha value is -0.320. The fourth-order valence-corrected chi connectivity index (χ4v) is 0. The molecule has 5 heavy (non-hydrogen) atoms. The summed E-state index contributed by atoms with van der Waals surface area (Å²) in [6, 6.07) is 0. The highest BCUT2D eigenvalue weighted by molar-refractivity contribution is 1.11. The average Bonchev–Trinajstić information content (AvgIpc) is 0. The summed E-state index contributed by atoms with van der Waals surface area (Å²) in [6.07, 6.45) is 0. The minimum absolute atomic E-state index is 0. The number of hydrogen-bond acceptors (Lipinski definition) is 0. The minimum atomic E-state index is 0. The van der Waals surface area contributed by atoms with Crippen molar-refractivity contribution in [2.45, 2.75) is 0 Å². The monoisotopic (exact) mass is 98.0 g/mol. The van der Waals surface area contributed by atoms with E-state index in [0.29, 0.717) is 0 Å². The SMILES string of the molecule is F.F.F.F.O. The second-order valence-corrected chi connectivity index (χ2v) is 0. The van der Waals surface area contributed by atoms with Crippen LogP contribution in [0.25, 0.3) is 0 Å². The van der Waals surface area contributed by atoms with Crippen molar-refractivity contribution in [2.75, 3.05) is 0 Å². The van der Waals surface area contributed by atoms with Crippen LogP contribution in [-0.4, -0.2) is 5.48 Å². The zero-order chi connectivity index (χ0) is 0. The predicted octanol–water partition coefficient (Wildman–Crippen LogP) is -0.215. The van der Waals surface area contributed by atoms with Gasteiger partial charge in [-0.1, -0.05) is 0 Å². The van der Waals surface area contributed by atoms with E-state index in [1.54, 1.807) is 0 Å². The molecule has 0 rings (SSSR count). The van der Waals surface area contributed by atoms with E-state index in [9.17, 15) is 0 Å². The lowest BCUT2D eigenvalue weighted by molar-refractivity contribution is 0.824. The smallest absolute Gasteiger partial charge is 0.269 e. The molecule has 0 aromatic carbocycles. The average molecular weight is 98.0 g/mol. The lowest BCUT2D eigenvalue weighted by Crippen LogP contribution is -0.289. The van der Waals surface area contributed by atoms with Crippen LogP contribution in [0.1, 0.15) is 0 Å². The lowest BCUT2D eigenvalue weighted by atomic mass is 16.0. The first-order chi connectivity index (χ1) is 0. The van der Waals surface area contributed by atoms with Gasteiger partial charge in [0.2, 0.25) is 0 Å². The van der Waals surface area contributed by atoms with E-state index in [0.717, 1.165) is 0 Å². The van der Waals surface area contributed by atoms with Gasteiger partial charge in [0.05, 0.1) is 0 Å². The van der Waals surface area contributed by atoms with E-state index < -0.39 is 0 Å². The lowest BCUT2D eigenvalue weighted by Gasteiger charge is -0.412. The fourth-order valence-electron chi connectivity index (χ4n) is 0. The van der Waals surface area contributed by atoms with Gasteiger partial charge in [-0.05, 0) is 0 Å². The van der Waals surface area contributed by atoms with Crippen LogP contribution >= 0.6 is 0 Å². The summed E-state index contributed by atoms with van der Waals surface area (Å²) in [6.45, 7) is 0. The summed E-state index contributed by atoms with van der Waals surface area (Å²) in [5.41, 5.74) is 0. The van der Waals surface area contributed by atoms with Crippen molar-refractivity contribution in [2.24, 2.45) is 0 Å². The molecule has 40 valence electrons. The topological polar surface area (TPSA) is 31.5 Å². The van der Waals surface area contributed by atoms with Crippen LogP contribution in [0.15, 0.2) is 0 Å². The Morgan fingerprint density at radius 3 is 0.400 bits per heavy atom. The van der Waals surface area contributed by atoms with Crippen LogP contribution in [0.4, 0.5) is 18.8 Å². The molecule has 0 radical (unpaired) electrons. The highest BCUT2D eigenvalue weighted by atomic mass is 19.0. The summed E-state index contributed by atoms with van der Waals surface area (Å²) in [5, 5.41) is 0. The molecule has 0 aromatic heterocycles. The van der Waals surface area contributed by atoms with E-state index >= 15 is 0 Å². The molecule has 0 unspecified atom stereocenters. The third kappa shape index (κ3) is 101. The third-order valence-electron chi connectivity index (χ3n) is 0. The van der Waals surface area contributed by atoms with Gasteiger partial charge in [-0.2, -0.15) is 0 Å². The largest absolute Gasteiger partial charge is 0.412 e. The van der Waals surface area contributed by atoms with Gasteiger partial charge in [0.1, 0.15) is 0 Å². The van der Waals surface area contributed by atoms with Gasteiger partial charge >= 0.3 is 0 Å². The molecule has 0 atom stereocenters. The molecule has 5 heteroatoms. The summed E-state index contributed by atoms with van der Waals surface area (Å²) < 4.78 is 0. The summed E-state index contributed by atoms with van der Waals surface area (Å²) in [4.78, 5) is 0. The predicted molar refractivity (Wildman–Crippen MR) is 13.6 cm³/mol. The number of rotatable bonds is 0. The van der Waals surface area contributed by atoms with Crippen molar-refractivity contribution in [3.63, 3.8) is 0 Å². The van der Waals surface area contributed by atoms with Gasteiger partial charge in [-0.15, -0.1) is 0 Å². The first-order valence-corrected chi connectivity index (χ1v) is 0. The normalized spacial score (nSPS) is 0. The first-order valence-electron chi connectivity index (χ1n) is 0. The molecule has 0 fully saturated rings. The molecular formula is H6F4O. The number of halogens is 4. The standard InChI is InChI=1S/4FH.H2O/h4*1H;1H2. The van der Waals surface area contributed by atoms with Gasteiger partial charge in [-0.25, -0.2) is 0 Å². The van der Waals surface area contributed by atoms with Crippen molar-refractivity contribution < 1.29 is 24.3 Å². The molecule has 0 heterocycles. The van der Waals surface area contributed by atoms with E-state index in [1.165, 1.54) is 0 Å². The molecule has 0 saturated carbocycles. The molecule has 2 N–H and O–H groups in total. The Balaban J connectivity index is 0. The molecule has 0 aromatic rings. The van der Waals surface area contributed by atoms with Crippen LogP contribution < -0.4 is 0 Å². The fraction of sp³-hybridized carbons (Fsp3) is 0. The molecular weight excluding hydrogens is 92.0 g/mol. The molecule has 0 amide bonds. The van der Waals surface area contributed by atoms with Crippen LogP contribution in [0.3, 0.4) is 0 Å². The van der Waals surface area contributed by atoms with Crippen molar-refractivity contribution in [1.82, 2.24) is 0 Å². The van der Waals surface area contributed by atoms with Crippen LogP contribution in [-0.2, 0) is 0 Å². The minimum Gasteiger partial charge on any atom is -0.412 e. The maximum Gasteiger partial charge on any atom is -0.269 e. The quantitative estimate of drug-likeness (QED) is 0.375. The third-order valence-corrected chi connectivity index (χ3v) is 0. The van der Waals surface area contributed by atoms with Crippen LogP contribution in [0.5, 0.6) is 0 Å². The molecule has 1 nitrogen and oxygen atoms in total. The van der Waals surface area contributed by atoms with Gasteiger partial charge in [-0.3, -0.25) is 18.8 Å². The molecule has 0 aliphatic rings. The van der Waals surface area contributed by atoms with E-state index in [1.807, 2.05) is 0 Å². The Bertz CT molecular complexity index is 3.61. The van der Waals surface area contributed by atoms with Gasteiger partial charge in [0.15, 0.2) is 0 Å². The Labute approximate surface area is 25.8 Å². The maximum atomic E-state index is 0. The van der Waals surface area contributed by atoms with E-state index in [4.69, 9.17) is 0 Å². The zero-order valence-electron chi connectivity index (χ0n) is 2.13. The molecule has 0 bridgehead atoms. The summed E-state index contributed by atoms with van der Waals surface area (Å²) in [7, 11) is 0. The van der Waals surface area contributed by atoms with Crippen molar-refractivity contribution in [3.05, 3.63) is 0 Å². The first kappa shape index (κ1) is 619. The Morgan fingerprint density at radius 1 is 0.400 bits per heavy atom. The molecule has 0 aliphatic heterocycles. The van der Waals surface area contributed by atoms with Crippen molar-refractivity contribution >= 4 is 0 Å². The molecule has 0 aliphatic carbocycles. The van der Waals surface area contributed by atoms with Crippen molar-refractivity contribution in [1.29, 1.82) is 0 Å². The van der Waals surface area contributed by atoms with Gasteiger partial charge < -0.3 is 5.48 Å². The maximum absolute atomic E-state index is 0. The van der Waals surface area contributed by atoms with Crippen LogP contribution in [0, 0.1) is 0 Å². The molecule has 0 spiro atoms. The molecule has 0 saturated heterocycles. The number of hydrogen-bond donors (Lipinski definition) is 0. The van der Waals surface area contributed by atoms with Gasteiger partial charge in [0.25, 0.3) is 0 Å². The Morgan fingerprint density at radius 2 is 0.400 bits per heavy atom. The summed E-state index contributed by atoms with van der Waals surface area (Å²) >= 11 is 0. The highest BCUT2D eigenvalue weighted by Gasteiger charge is -0.266. The summed E-state index contributed by atoms with van der Waals surface area (Å²) in [5.74, 6) is 0. The zero-order valence-corrected chi connectivity index (χ0v) is 2.13. The van der Waals surface area contributed by atoms with Crippen molar-refractivity contribution in [3.8, 4) is 0 Å². The Kier molecular flexibility index (Phi) is 32000. The second-order valence-electron chi connectivity index (χ2n) is 0. The van der Waals surface area contributed by atoms with E-state index in [-0.39, 0.29) is 24.3 Å². The van der Waals surface area contributed by atoms with Gasteiger partial charge in [0, 0.05) is 0 Å². The van der Waals surface area contributed by atoms with E-state index in [2.05, 4.69) is 0 Å².